The first-order valence-electron chi connectivity index (χ1n) is 26.5. The SMILES string of the molecule is [C-]#[N+]c1ccc(N(c2ccccc2)c2ccc3c(c2)c2cc(N(c4ccccc4)c4ccc([N+]#[C-])cc4)ccc2n3-c2ccc(-c3ccc(-c4ccc(-c5cc(-c6ccccc6)nc(-c6ccccc6)n5)cc4)cc3[N+]#[C-])cc2)cc1. The van der Waals surface area contributed by atoms with Crippen LogP contribution in [0.1, 0.15) is 0 Å². The third kappa shape index (κ3) is 9.57. The van der Waals surface area contributed by atoms with Crippen LogP contribution in [0.2, 0.25) is 0 Å². The smallest absolute Gasteiger partial charge is 0.195 e. The molecule has 2 heterocycles. The summed E-state index contributed by atoms with van der Waals surface area (Å²) in [6.07, 6.45) is 0. The summed E-state index contributed by atoms with van der Waals surface area (Å²) in [5, 5.41) is 2.10. The molecular weight excluding hydrogens is 989 g/mol. The lowest BCUT2D eigenvalue weighted by molar-refractivity contribution is 1.18. The molecule has 0 amide bonds. The maximum atomic E-state index is 8.39. The Kier molecular flexibility index (Phi) is 12.9. The van der Waals surface area contributed by atoms with E-state index in [0.29, 0.717) is 22.9 Å². The van der Waals surface area contributed by atoms with Gasteiger partial charge >= 0.3 is 0 Å². The molecule has 13 aromatic rings. The van der Waals surface area contributed by atoms with Crippen LogP contribution in [0, 0.1) is 19.7 Å². The van der Waals surface area contributed by atoms with Gasteiger partial charge in [-0.25, -0.2) is 24.5 Å². The summed E-state index contributed by atoms with van der Waals surface area (Å²) >= 11 is 0. The summed E-state index contributed by atoms with van der Waals surface area (Å²) < 4.78 is 2.31. The lowest BCUT2D eigenvalue weighted by atomic mass is 9.97. The van der Waals surface area contributed by atoms with Crippen molar-refractivity contribution in [1.29, 1.82) is 0 Å². The maximum absolute atomic E-state index is 8.39. The standard InChI is InChI=1S/C73H46N8/c1-74-56-31-37-60(38-32-56)79(58-20-12-6-13-21-58)63-41-44-71-66(47-63)67-48-64(80(59-22-14-7-15-23-59)61-39-33-57(75-2)34-40-61)42-45-72(67)81(71)62-35-28-51(29-36-62)65-43-30-55(46-70(65)76-3)50-24-26-53(27-25-50)69-49-68(52-16-8-4-9-17-52)77-73(78-69)54-18-10-5-11-19-54/h4-49H. The monoisotopic (exact) mass is 1030 g/mol. The van der Waals surface area contributed by atoms with Crippen LogP contribution in [-0.2, 0) is 0 Å². The minimum atomic E-state index is 0.565. The van der Waals surface area contributed by atoms with Crippen molar-refractivity contribution < 1.29 is 0 Å². The fourth-order valence-corrected chi connectivity index (χ4v) is 10.7. The largest absolute Gasteiger partial charge is 0.311 e. The molecule has 0 N–H and O–H groups in total. The number of aromatic nitrogens is 3. The molecule has 2 aromatic heterocycles. The summed E-state index contributed by atoms with van der Waals surface area (Å²) in [7, 11) is 0. The number of para-hydroxylation sites is 2. The molecule has 0 aliphatic rings. The highest BCUT2D eigenvalue weighted by molar-refractivity contribution is 6.12. The van der Waals surface area contributed by atoms with Gasteiger partial charge in [-0.3, -0.25) is 0 Å². The normalized spacial score (nSPS) is 10.9. The first-order chi connectivity index (χ1) is 40.0. The number of fused-ring (bicyclic) bond motifs is 3. The van der Waals surface area contributed by atoms with Gasteiger partial charge in [-0.15, -0.1) is 0 Å². The van der Waals surface area contributed by atoms with Gasteiger partial charge in [-0.05, 0) is 131 Å². The van der Waals surface area contributed by atoms with Crippen molar-refractivity contribution >= 4 is 73.0 Å². The summed E-state index contributed by atoms with van der Waals surface area (Å²) in [4.78, 5) is 25.8. The average molecular weight is 1040 g/mol. The van der Waals surface area contributed by atoms with Crippen LogP contribution < -0.4 is 9.80 Å². The lowest BCUT2D eigenvalue weighted by Gasteiger charge is -2.26. The zero-order valence-electron chi connectivity index (χ0n) is 43.6. The number of hydrogen-bond acceptors (Lipinski definition) is 4. The third-order valence-corrected chi connectivity index (χ3v) is 14.6. The van der Waals surface area contributed by atoms with Gasteiger partial charge in [0.1, 0.15) is 0 Å². The van der Waals surface area contributed by atoms with Gasteiger partial charge in [0.25, 0.3) is 0 Å². The number of hydrogen-bond donors (Lipinski definition) is 0. The molecule has 0 bridgehead atoms. The van der Waals surface area contributed by atoms with E-state index in [4.69, 9.17) is 29.7 Å². The van der Waals surface area contributed by atoms with Gasteiger partial charge in [0.2, 0.25) is 0 Å². The molecule has 0 unspecified atom stereocenters. The minimum absolute atomic E-state index is 0.565. The highest BCUT2D eigenvalue weighted by Crippen LogP contribution is 2.44. The average Bonchev–Trinajstić information content (AvgIpc) is 3.96. The van der Waals surface area contributed by atoms with Crippen molar-refractivity contribution in [3.05, 3.63) is 313 Å². The van der Waals surface area contributed by atoms with Crippen molar-refractivity contribution in [2.24, 2.45) is 0 Å². The van der Waals surface area contributed by atoms with Gasteiger partial charge in [0.15, 0.2) is 22.9 Å². The summed E-state index contributed by atoms with van der Waals surface area (Å²) in [6, 6.07) is 94.6. The number of nitrogens with zero attached hydrogens (tertiary/aromatic N) is 8. The Balaban J connectivity index is 0.876. The van der Waals surface area contributed by atoms with Gasteiger partial charge in [-0.1, -0.05) is 170 Å². The Morgan fingerprint density at radius 1 is 0.309 bits per heavy atom. The van der Waals surface area contributed by atoms with E-state index in [1.165, 1.54) is 0 Å². The molecule has 8 heteroatoms. The molecule has 8 nitrogen and oxygen atoms in total. The topological polar surface area (TPSA) is 50.3 Å². The van der Waals surface area contributed by atoms with Crippen LogP contribution in [-0.4, -0.2) is 14.5 Å². The first-order valence-corrected chi connectivity index (χ1v) is 26.5. The van der Waals surface area contributed by atoms with E-state index in [1.807, 2.05) is 146 Å². The highest BCUT2D eigenvalue weighted by Gasteiger charge is 2.21. The van der Waals surface area contributed by atoms with Crippen molar-refractivity contribution in [2.45, 2.75) is 0 Å². The summed E-state index contributed by atoms with van der Waals surface area (Å²) in [5.41, 5.74) is 18.9. The van der Waals surface area contributed by atoms with Crippen molar-refractivity contribution in [3.63, 3.8) is 0 Å². The molecule has 0 aliphatic heterocycles. The van der Waals surface area contributed by atoms with Crippen LogP contribution in [0.3, 0.4) is 0 Å². The molecule has 81 heavy (non-hydrogen) atoms. The molecule has 13 rings (SSSR count). The predicted molar refractivity (Wildman–Crippen MR) is 332 cm³/mol. The lowest BCUT2D eigenvalue weighted by Crippen LogP contribution is -2.09. The molecule has 0 aliphatic carbocycles. The van der Waals surface area contributed by atoms with Crippen LogP contribution in [0.4, 0.5) is 51.2 Å². The molecule has 0 atom stereocenters. The third-order valence-electron chi connectivity index (χ3n) is 14.6. The number of anilines is 6. The Labute approximate surface area is 470 Å². The van der Waals surface area contributed by atoms with Gasteiger partial charge < -0.3 is 14.4 Å². The zero-order valence-corrected chi connectivity index (χ0v) is 43.6. The Bertz CT molecular complexity index is 4340. The van der Waals surface area contributed by atoms with Gasteiger partial charge in [-0.2, -0.15) is 0 Å². The summed E-state index contributed by atoms with van der Waals surface area (Å²) in [5.74, 6) is 0.667. The van der Waals surface area contributed by atoms with Crippen LogP contribution >= 0.6 is 0 Å². The van der Waals surface area contributed by atoms with E-state index in [1.54, 1.807) is 0 Å². The van der Waals surface area contributed by atoms with E-state index < -0.39 is 0 Å². The molecule has 0 fully saturated rings. The van der Waals surface area contributed by atoms with E-state index in [2.05, 4.69) is 162 Å². The number of benzene rings is 11. The van der Waals surface area contributed by atoms with E-state index in [-0.39, 0.29) is 0 Å². The molecule has 378 valence electrons. The Hall–Kier alpha value is -11.6. The van der Waals surface area contributed by atoms with Crippen molar-refractivity contribution in [3.8, 4) is 61.8 Å². The highest BCUT2D eigenvalue weighted by atomic mass is 15.2. The predicted octanol–water partition coefficient (Wildman–Crippen LogP) is 20.5. The molecule has 0 saturated heterocycles. The molecule has 11 aromatic carbocycles. The van der Waals surface area contributed by atoms with E-state index >= 15 is 0 Å². The maximum Gasteiger partial charge on any atom is 0.195 e. The van der Waals surface area contributed by atoms with Crippen molar-refractivity contribution in [1.82, 2.24) is 14.5 Å². The molecule has 0 spiro atoms. The molecule has 0 saturated carbocycles. The molecule has 0 radical (unpaired) electrons. The van der Waals surface area contributed by atoms with E-state index in [9.17, 15) is 0 Å². The molecular formula is C73H46N8. The van der Waals surface area contributed by atoms with Gasteiger partial charge in [0.05, 0.1) is 42.1 Å². The van der Waals surface area contributed by atoms with Gasteiger partial charge in [0, 0.05) is 67.3 Å². The van der Waals surface area contributed by atoms with E-state index in [0.717, 1.165) is 112 Å². The summed E-state index contributed by atoms with van der Waals surface area (Å²) in [6.45, 7) is 23.6. The Morgan fingerprint density at radius 2 is 0.716 bits per heavy atom. The first kappa shape index (κ1) is 49.0. The van der Waals surface area contributed by atoms with Crippen LogP contribution in [0.15, 0.2) is 279 Å². The van der Waals surface area contributed by atoms with Crippen LogP contribution in [0.5, 0.6) is 0 Å². The fourth-order valence-electron chi connectivity index (χ4n) is 10.7. The minimum Gasteiger partial charge on any atom is -0.311 e. The quantitative estimate of drug-likeness (QED) is 0.114. The second-order valence-corrected chi connectivity index (χ2v) is 19.5. The Morgan fingerprint density at radius 3 is 1.20 bits per heavy atom. The number of rotatable bonds is 12. The van der Waals surface area contributed by atoms with Crippen LogP contribution in [0.25, 0.3) is 98.2 Å². The fraction of sp³-hybridized carbons (Fsp3) is 0. The second-order valence-electron chi connectivity index (χ2n) is 19.5. The van der Waals surface area contributed by atoms with Crippen molar-refractivity contribution in [2.75, 3.05) is 9.80 Å². The zero-order chi connectivity index (χ0) is 54.7. The second kappa shape index (κ2) is 21.4.